The zero-order chi connectivity index (χ0) is 10.6. The molecule has 0 saturated carbocycles. The van der Waals surface area contributed by atoms with Gasteiger partial charge in [0.2, 0.25) is 0 Å². The molecule has 1 nitrogen and oxygen atoms in total. The summed E-state index contributed by atoms with van der Waals surface area (Å²) in [5, 5.41) is 0.931. The van der Waals surface area contributed by atoms with Crippen molar-refractivity contribution in [2.45, 2.75) is 31.6 Å². The number of benzene rings is 1. The molecule has 1 rings (SSSR count). The Morgan fingerprint density at radius 3 is 2.29 bits per heavy atom. The van der Waals surface area contributed by atoms with E-state index < -0.39 is 0 Å². The van der Waals surface area contributed by atoms with Crippen molar-refractivity contribution < 1.29 is 0 Å². The van der Waals surface area contributed by atoms with Crippen LogP contribution in [0, 0.1) is 0 Å². The number of nitrogens with zero attached hydrogens (tertiary/aromatic N) is 1. The molecule has 0 aliphatic rings. The number of hydrogen-bond donors (Lipinski definition) is 0. The molecule has 0 heterocycles. The second-order valence-electron chi connectivity index (χ2n) is 3.67. The van der Waals surface area contributed by atoms with E-state index in [4.69, 9.17) is 0 Å². The minimum Gasteiger partial charge on any atom is -0.372 e. The van der Waals surface area contributed by atoms with Gasteiger partial charge in [0.1, 0.15) is 0 Å². The summed E-state index contributed by atoms with van der Waals surface area (Å²) in [5.74, 6) is 0. The second kappa shape index (κ2) is 5.40. The first-order valence-electron chi connectivity index (χ1n) is 5.06. The van der Waals surface area contributed by atoms with Crippen LogP contribution >= 0.6 is 15.9 Å². The summed E-state index contributed by atoms with van der Waals surface area (Å²) >= 11 is 3.45. The Labute approximate surface area is 95.2 Å². The lowest BCUT2D eigenvalue weighted by Gasteiger charge is -2.26. The minimum absolute atomic E-state index is 0.602. The quantitative estimate of drug-likeness (QED) is 0.740. The molecule has 2 heteroatoms. The SMILES string of the molecule is CCC(C)N(C)c1ccc(CBr)cc1. The smallest absolute Gasteiger partial charge is 0.0366 e. The van der Waals surface area contributed by atoms with Crippen LogP contribution in [0.3, 0.4) is 0 Å². The zero-order valence-corrected chi connectivity index (χ0v) is 10.7. The molecule has 0 aromatic heterocycles. The van der Waals surface area contributed by atoms with Gasteiger partial charge in [0.25, 0.3) is 0 Å². The van der Waals surface area contributed by atoms with E-state index in [1.165, 1.54) is 17.7 Å². The predicted octanol–water partition coefficient (Wildman–Crippen LogP) is 3.82. The van der Waals surface area contributed by atoms with Crippen molar-refractivity contribution in [3.05, 3.63) is 29.8 Å². The van der Waals surface area contributed by atoms with Gasteiger partial charge in [-0.1, -0.05) is 35.0 Å². The molecule has 0 N–H and O–H groups in total. The topological polar surface area (TPSA) is 3.24 Å². The van der Waals surface area contributed by atoms with Gasteiger partial charge in [-0.2, -0.15) is 0 Å². The van der Waals surface area contributed by atoms with Crippen molar-refractivity contribution >= 4 is 21.6 Å². The van der Waals surface area contributed by atoms with Crippen LogP contribution in [0.5, 0.6) is 0 Å². The van der Waals surface area contributed by atoms with Crippen LogP contribution in [0.2, 0.25) is 0 Å². The van der Waals surface area contributed by atoms with E-state index in [1.807, 2.05) is 0 Å². The highest BCUT2D eigenvalue weighted by atomic mass is 79.9. The summed E-state index contributed by atoms with van der Waals surface area (Å²) in [4.78, 5) is 2.32. The molecule has 78 valence electrons. The van der Waals surface area contributed by atoms with Crippen molar-refractivity contribution in [2.75, 3.05) is 11.9 Å². The number of halogens is 1. The molecule has 0 fully saturated rings. The van der Waals surface area contributed by atoms with Crippen molar-refractivity contribution in [1.29, 1.82) is 0 Å². The lowest BCUT2D eigenvalue weighted by Crippen LogP contribution is -2.27. The van der Waals surface area contributed by atoms with E-state index >= 15 is 0 Å². The van der Waals surface area contributed by atoms with Gasteiger partial charge in [0.15, 0.2) is 0 Å². The third-order valence-corrected chi connectivity index (χ3v) is 3.40. The normalized spacial score (nSPS) is 12.6. The summed E-state index contributed by atoms with van der Waals surface area (Å²) in [5.41, 5.74) is 2.62. The van der Waals surface area contributed by atoms with Crippen LogP contribution in [0.15, 0.2) is 24.3 Å². The lowest BCUT2D eigenvalue weighted by atomic mass is 10.1. The van der Waals surface area contributed by atoms with Gasteiger partial charge in [0.05, 0.1) is 0 Å². The Morgan fingerprint density at radius 2 is 1.86 bits per heavy atom. The van der Waals surface area contributed by atoms with Gasteiger partial charge in [0, 0.05) is 24.1 Å². The highest BCUT2D eigenvalue weighted by molar-refractivity contribution is 9.08. The van der Waals surface area contributed by atoms with E-state index in [1.54, 1.807) is 0 Å². The molecule has 14 heavy (non-hydrogen) atoms. The van der Waals surface area contributed by atoms with Crippen LogP contribution in [0.1, 0.15) is 25.8 Å². The summed E-state index contributed by atoms with van der Waals surface area (Å²) < 4.78 is 0. The number of alkyl halides is 1. The Balaban J connectivity index is 2.75. The Kier molecular flexibility index (Phi) is 4.46. The summed E-state index contributed by atoms with van der Waals surface area (Å²) in [7, 11) is 2.15. The van der Waals surface area contributed by atoms with E-state index in [9.17, 15) is 0 Å². The molecule has 0 radical (unpaired) electrons. The van der Waals surface area contributed by atoms with Gasteiger partial charge >= 0.3 is 0 Å². The zero-order valence-electron chi connectivity index (χ0n) is 9.13. The van der Waals surface area contributed by atoms with Crippen LogP contribution in [0.25, 0.3) is 0 Å². The fourth-order valence-electron chi connectivity index (χ4n) is 1.35. The first-order valence-corrected chi connectivity index (χ1v) is 6.19. The summed E-state index contributed by atoms with van der Waals surface area (Å²) in [6.07, 6.45) is 1.18. The maximum absolute atomic E-state index is 3.45. The molecule has 1 aromatic carbocycles. The molecule has 0 spiro atoms. The maximum atomic E-state index is 3.45. The van der Waals surface area contributed by atoms with E-state index in [2.05, 4.69) is 66.0 Å². The molecule has 0 saturated heterocycles. The Morgan fingerprint density at radius 1 is 1.29 bits per heavy atom. The third kappa shape index (κ3) is 2.74. The van der Waals surface area contributed by atoms with Crippen molar-refractivity contribution in [1.82, 2.24) is 0 Å². The summed E-state index contributed by atoms with van der Waals surface area (Å²) in [6, 6.07) is 9.31. The Hall–Kier alpha value is -0.500. The lowest BCUT2D eigenvalue weighted by molar-refractivity contribution is 0.664. The van der Waals surface area contributed by atoms with Crippen LogP contribution in [-0.4, -0.2) is 13.1 Å². The van der Waals surface area contributed by atoms with E-state index in [0.29, 0.717) is 6.04 Å². The van der Waals surface area contributed by atoms with Crippen molar-refractivity contribution in [3.63, 3.8) is 0 Å². The largest absolute Gasteiger partial charge is 0.372 e. The first-order chi connectivity index (χ1) is 6.69. The Bertz CT molecular complexity index is 268. The second-order valence-corrected chi connectivity index (χ2v) is 4.23. The minimum atomic E-state index is 0.602. The van der Waals surface area contributed by atoms with Crippen LogP contribution < -0.4 is 4.90 Å². The number of rotatable bonds is 4. The predicted molar refractivity (Wildman–Crippen MR) is 67.2 cm³/mol. The van der Waals surface area contributed by atoms with Crippen molar-refractivity contribution in [3.8, 4) is 0 Å². The van der Waals surface area contributed by atoms with Gasteiger partial charge in [-0.15, -0.1) is 0 Å². The molecular formula is C12H18BrN. The average Bonchev–Trinajstić information content (AvgIpc) is 2.27. The molecule has 1 unspecified atom stereocenters. The highest BCUT2D eigenvalue weighted by Crippen LogP contribution is 2.18. The standard InChI is InChI=1S/C12H18BrN/c1-4-10(2)14(3)12-7-5-11(9-13)6-8-12/h5-8,10H,4,9H2,1-3H3. The molecule has 0 aliphatic heterocycles. The monoisotopic (exact) mass is 255 g/mol. The third-order valence-electron chi connectivity index (χ3n) is 2.75. The fraction of sp³-hybridized carbons (Fsp3) is 0.500. The van der Waals surface area contributed by atoms with Gasteiger partial charge < -0.3 is 4.90 Å². The van der Waals surface area contributed by atoms with Gasteiger partial charge in [-0.3, -0.25) is 0 Å². The van der Waals surface area contributed by atoms with Gasteiger partial charge in [-0.25, -0.2) is 0 Å². The molecule has 1 atom stereocenters. The summed E-state index contributed by atoms with van der Waals surface area (Å²) in [6.45, 7) is 4.46. The molecular weight excluding hydrogens is 238 g/mol. The molecule has 0 aliphatic carbocycles. The average molecular weight is 256 g/mol. The van der Waals surface area contributed by atoms with E-state index in [0.717, 1.165) is 5.33 Å². The molecule has 0 bridgehead atoms. The molecule has 0 amide bonds. The van der Waals surface area contributed by atoms with E-state index in [-0.39, 0.29) is 0 Å². The highest BCUT2D eigenvalue weighted by Gasteiger charge is 2.06. The van der Waals surface area contributed by atoms with Gasteiger partial charge in [-0.05, 0) is 31.0 Å². The fourth-order valence-corrected chi connectivity index (χ4v) is 1.72. The van der Waals surface area contributed by atoms with Crippen molar-refractivity contribution in [2.24, 2.45) is 0 Å². The first kappa shape index (κ1) is 11.6. The molecule has 1 aromatic rings. The van der Waals surface area contributed by atoms with Crippen LogP contribution in [-0.2, 0) is 5.33 Å². The maximum Gasteiger partial charge on any atom is 0.0366 e. The number of hydrogen-bond acceptors (Lipinski definition) is 1. The van der Waals surface area contributed by atoms with Crippen LogP contribution in [0.4, 0.5) is 5.69 Å². The number of anilines is 1.